The number of anilines is 1. The molecule has 110 valence electrons. The summed E-state index contributed by atoms with van der Waals surface area (Å²) < 4.78 is 0. The molecule has 0 heterocycles. The Bertz CT molecular complexity index is 502. The maximum Gasteiger partial charge on any atom is 0.269 e. The molecule has 1 aromatic rings. The lowest BCUT2D eigenvalue weighted by atomic mass is 10.1. The van der Waals surface area contributed by atoms with Crippen molar-refractivity contribution in [3.05, 3.63) is 33.9 Å². The predicted molar refractivity (Wildman–Crippen MR) is 77.2 cm³/mol. The van der Waals surface area contributed by atoms with Crippen LogP contribution in [0.15, 0.2) is 18.2 Å². The molecular formula is C13H20N4O3. The number of benzene rings is 1. The summed E-state index contributed by atoms with van der Waals surface area (Å²) in [5, 5.41) is 10.8. The van der Waals surface area contributed by atoms with Gasteiger partial charge in [-0.2, -0.15) is 0 Å². The van der Waals surface area contributed by atoms with Crippen molar-refractivity contribution in [2.45, 2.75) is 13.5 Å². The number of non-ortho nitro benzene ring substituents is 1. The van der Waals surface area contributed by atoms with Crippen LogP contribution in [0.1, 0.15) is 12.5 Å². The van der Waals surface area contributed by atoms with Crippen LogP contribution in [0.2, 0.25) is 0 Å². The third kappa shape index (κ3) is 4.20. The summed E-state index contributed by atoms with van der Waals surface area (Å²) in [5.74, 6) is -0.0177. The summed E-state index contributed by atoms with van der Waals surface area (Å²) in [6, 6.07) is 4.35. The third-order valence-corrected chi connectivity index (χ3v) is 3.04. The van der Waals surface area contributed by atoms with Gasteiger partial charge in [0.1, 0.15) is 0 Å². The van der Waals surface area contributed by atoms with Crippen molar-refractivity contribution in [1.82, 2.24) is 9.80 Å². The number of nitro benzene ring substituents is 1. The fourth-order valence-corrected chi connectivity index (χ4v) is 1.70. The first kappa shape index (κ1) is 15.9. The summed E-state index contributed by atoms with van der Waals surface area (Å²) in [6.45, 7) is 3.24. The van der Waals surface area contributed by atoms with Gasteiger partial charge in [0.05, 0.1) is 11.5 Å². The van der Waals surface area contributed by atoms with Crippen molar-refractivity contribution >= 4 is 17.3 Å². The number of nitrogens with two attached hydrogens (primary N) is 1. The molecule has 2 N–H and O–H groups in total. The summed E-state index contributed by atoms with van der Waals surface area (Å²) in [4.78, 5) is 25.4. The number of hydrogen-bond acceptors (Lipinski definition) is 5. The molecule has 7 nitrogen and oxygen atoms in total. The molecule has 20 heavy (non-hydrogen) atoms. The predicted octanol–water partition coefficient (Wildman–Crippen LogP) is 1.09. The fraction of sp³-hybridized carbons (Fsp3) is 0.462. The highest BCUT2D eigenvalue weighted by Crippen LogP contribution is 2.21. The first-order valence-corrected chi connectivity index (χ1v) is 6.30. The summed E-state index contributed by atoms with van der Waals surface area (Å²) in [5.41, 5.74) is 6.99. The fourth-order valence-electron chi connectivity index (χ4n) is 1.70. The summed E-state index contributed by atoms with van der Waals surface area (Å²) in [7, 11) is 3.38. The quantitative estimate of drug-likeness (QED) is 0.478. The molecule has 1 aromatic carbocycles. The van der Waals surface area contributed by atoms with E-state index in [1.165, 1.54) is 23.1 Å². The largest absolute Gasteiger partial charge is 0.398 e. The van der Waals surface area contributed by atoms with Crippen molar-refractivity contribution in [3.8, 4) is 0 Å². The number of rotatable bonds is 6. The Labute approximate surface area is 118 Å². The molecular weight excluding hydrogens is 260 g/mol. The molecule has 0 unspecified atom stereocenters. The van der Waals surface area contributed by atoms with Crippen LogP contribution in [0.5, 0.6) is 0 Å². The minimum atomic E-state index is -0.454. The average Bonchev–Trinajstić information content (AvgIpc) is 2.39. The summed E-state index contributed by atoms with van der Waals surface area (Å²) >= 11 is 0. The first-order valence-electron chi connectivity index (χ1n) is 6.30. The van der Waals surface area contributed by atoms with Gasteiger partial charge >= 0.3 is 0 Å². The number of nitro groups is 1. The molecule has 0 aliphatic heterocycles. The molecule has 0 spiro atoms. The number of nitrogen functional groups attached to an aromatic ring is 1. The van der Waals surface area contributed by atoms with E-state index >= 15 is 0 Å². The van der Waals surface area contributed by atoms with Crippen LogP contribution >= 0.6 is 0 Å². The van der Waals surface area contributed by atoms with Gasteiger partial charge in [0.25, 0.3) is 5.69 Å². The molecule has 0 aliphatic rings. The van der Waals surface area contributed by atoms with Crippen molar-refractivity contribution in [2.75, 3.05) is 32.9 Å². The van der Waals surface area contributed by atoms with Gasteiger partial charge in [-0.1, -0.05) is 6.92 Å². The maximum atomic E-state index is 11.7. The van der Waals surface area contributed by atoms with E-state index in [-0.39, 0.29) is 18.1 Å². The van der Waals surface area contributed by atoms with Crippen LogP contribution in [0, 0.1) is 10.1 Å². The Morgan fingerprint density at radius 3 is 2.55 bits per heavy atom. The molecule has 0 fully saturated rings. The van der Waals surface area contributed by atoms with Crippen LogP contribution in [-0.2, 0) is 11.3 Å². The minimum absolute atomic E-state index is 0.00388. The Balaban J connectivity index is 2.86. The van der Waals surface area contributed by atoms with Crippen molar-refractivity contribution in [3.63, 3.8) is 0 Å². The molecule has 0 aromatic heterocycles. The number of amides is 1. The van der Waals surface area contributed by atoms with Crippen LogP contribution in [0.4, 0.5) is 11.4 Å². The zero-order chi connectivity index (χ0) is 15.3. The van der Waals surface area contributed by atoms with Gasteiger partial charge in [0, 0.05) is 38.5 Å². The smallest absolute Gasteiger partial charge is 0.269 e. The lowest BCUT2D eigenvalue weighted by molar-refractivity contribution is -0.384. The third-order valence-electron chi connectivity index (χ3n) is 3.04. The minimum Gasteiger partial charge on any atom is -0.398 e. The highest BCUT2D eigenvalue weighted by Gasteiger charge is 2.15. The van der Waals surface area contributed by atoms with E-state index in [1.807, 2.05) is 11.8 Å². The summed E-state index contributed by atoms with van der Waals surface area (Å²) in [6.07, 6.45) is 0. The topological polar surface area (TPSA) is 92.7 Å². The van der Waals surface area contributed by atoms with Gasteiger partial charge in [-0.15, -0.1) is 0 Å². The van der Waals surface area contributed by atoms with Gasteiger partial charge in [0.15, 0.2) is 0 Å². The van der Waals surface area contributed by atoms with E-state index in [0.717, 1.165) is 0 Å². The van der Waals surface area contributed by atoms with E-state index in [0.29, 0.717) is 24.3 Å². The Morgan fingerprint density at radius 1 is 1.40 bits per heavy atom. The van der Waals surface area contributed by atoms with Crippen LogP contribution in [0.3, 0.4) is 0 Å². The van der Waals surface area contributed by atoms with Crippen LogP contribution in [-0.4, -0.2) is 47.8 Å². The van der Waals surface area contributed by atoms with Gasteiger partial charge in [0.2, 0.25) is 5.91 Å². The highest BCUT2D eigenvalue weighted by atomic mass is 16.6. The normalized spacial score (nSPS) is 10.6. The number of carbonyl (C=O) groups is 1. The molecule has 1 rings (SSSR count). The zero-order valence-electron chi connectivity index (χ0n) is 12.0. The van der Waals surface area contributed by atoms with Crippen LogP contribution < -0.4 is 5.73 Å². The zero-order valence-corrected chi connectivity index (χ0v) is 12.0. The number of hydrogen-bond donors (Lipinski definition) is 1. The number of likely N-dealkylation sites (N-methyl/N-ethyl adjacent to an activating group) is 2. The first-order chi connectivity index (χ1) is 9.35. The van der Waals surface area contributed by atoms with Gasteiger partial charge in [-0.25, -0.2) is 0 Å². The van der Waals surface area contributed by atoms with Crippen molar-refractivity contribution < 1.29 is 9.72 Å². The van der Waals surface area contributed by atoms with E-state index in [9.17, 15) is 14.9 Å². The second-order valence-electron chi connectivity index (χ2n) is 4.73. The second-order valence-corrected chi connectivity index (χ2v) is 4.73. The van der Waals surface area contributed by atoms with E-state index < -0.39 is 4.92 Å². The lowest BCUT2D eigenvalue weighted by Crippen LogP contribution is -2.36. The maximum absolute atomic E-state index is 11.7. The molecule has 0 saturated heterocycles. The molecule has 0 radical (unpaired) electrons. The van der Waals surface area contributed by atoms with E-state index in [2.05, 4.69) is 0 Å². The van der Waals surface area contributed by atoms with Crippen LogP contribution in [0.25, 0.3) is 0 Å². The molecule has 7 heteroatoms. The molecule has 0 aliphatic carbocycles. The molecule has 0 saturated carbocycles. The highest BCUT2D eigenvalue weighted by molar-refractivity contribution is 5.77. The van der Waals surface area contributed by atoms with Gasteiger partial charge in [-0.05, 0) is 18.2 Å². The standard InChI is InChI=1S/C13H20N4O3/c1-4-16(9-13(18)15(2)3)8-10-7-11(17(19)20)5-6-12(10)14/h5-7H,4,8-9,14H2,1-3H3. The second kappa shape index (κ2) is 6.85. The van der Waals surface area contributed by atoms with Gasteiger partial charge < -0.3 is 10.6 Å². The molecule has 0 bridgehead atoms. The average molecular weight is 280 g/mol. The Kier molecular flexibility index (Phi) is 5.45. The lowest BCUT2D eigenvalue weighted by Gasteiger charge is -2.22. The monoisotopic (exact) mass is 280 g/mol. The van der Waals surface area contributed by atoms with E-state index in [1.54, 1.807) is 14.1 Å². The van der Waals surface area contributed by atoms with Crippen molar-refractivity contribution in [1.29, 1.82) is 0 Å². The number of carbonyl (C=O) groups excluding carboxylic acids is 1. The Morgan fingerprint density at radius 2 is 2.05 bits per heavy atom. The Hall–Kier alpha value is -2.15. The van der Waals surface area contributed by atoms with Gasteiger partial charge in [-0.3, -0.25) is 19.8 Å². The SMILES string of the molecule is CCN(CC(=O)N(C)C)Cc1cc([N+](=O)[O-])ccc1N. The molecule has 1 amide bonds. The van der Waals surface area contributed by atoms with E-state index in [4.69, 9.17) is 5.73 Å². The van der Waals surface area contributed by atoms with Crippen molar-refractivity contribution in [2.24, 2.45) is 0 Å². The molecule has 0 atom stereocenters. The number of nitrogens with zero attached hydrogens (tertiary/aromatic N) is 3.